The number of nitrogens with zero attached hydrogens (tertiary/aromatic N) is 2. The van der Waals surface area contributed by atoms with Crippen LogP contribution in [0.15, 0.2) is 24.3 Å². The second-order valence-electron chi connectivity index (χ2n) is 4.62. The van der Waals surface area contributed by atoms with Crippen LogP contribution in [0.1, 0.15) is 27.9 Å². The van der Waals surface area contributed by atoms with Gasteiger partial charge in [-0.05, 0) is 37.0 Å². The summed E-state index contributed by atoms with van der Waals surface area (Å²) >= 11 is 0. The maximum absolute atomic E-state index is 10.7. The third-order valence-corrected chi connectivity index (χ3v) is 3.13. The highest BCUT2D eigenvalue weighted by molar-refractivity contribution is 5.87. The number of aryl methyl sites for hydroxylation is 1. The van der Waals surface area contributed by atoms with Crippen LogP contribution in [0.2, 0.25) is 0 Å². The maximum atomic E-state index is 10.7. The minimum absolute atomic E-state index is 0.0574. The number of benzene rings is 1. The number of carboxylic acids is 1. The van der Waals surface area contributed by atoms with E-state index in [9.17, 15) is 9.90 Å². The lowest BCUT2D eigenvalue weighted by Gasteiger charge is -2.07. The van der Waals surface area contributed by atoms with E-state index in [0.717, 1.165) is 18.4 Å². The summed E-state index contributed by atoms with van der Waals surface area (Å²) in [6.45, 7) is 0. The minimum Gasteiger partial charge on any atom is -0.493 e. The third kappa shape index (κ3) is 3.59. The first-order chi connectivity index (χ1) is 9.97. The van der Waals surface area contributed by atoms with Gasteiger partial charge < -0.3 is 21.7 Å². The molecule has 7 nitrogen and oxygen atoms in total. The molecule has 0 saturated carbocycles. The molecule has 6 N–H and O–H groups in total. The van der Waals surface area contributed by atoms with Crippen LogP contribution in [0, 0.1) is 0 Å². The summed E-state index contributed by atoms with van der Waals surface area (Å²) in [6.07, 6.45) is 1.96. The van der Waals surface area contributed by atoms with Crippen LogP contribution in [0.25, 0.3) is 0 Å². The summed E-state index contributed by atoms with van der Waals surface area (Å²) in [7, 11) is 0. The lowest BCUT2D eigenvalue weighted by molar-refractivity contribution is 0.0697. The normalized spacial score (nSPS) is 10.5. The number of carbonyl (C=O) groups is 1. The molecule has 2 rings (SSSR count). The topological polar surface area (TPSA) is 135 Å². The number of hydrogen-bond acceptors (Lipinski definition) is 6. The highest BCUT2D eigenvalue weighted by Gasteiger charge is 2.10. The second kappa shape index (κ2) is 6.08. The van der Waals surface area contributed by atoms with Crippen molar-refractivity contribution in [2.24, 2.45) is 0 Å². The van der Waals surface area contributed by atoms with Gasteiger partial charge in [-0.25, -0.2) is 4.79 Å². The summed E-state index contributed by atoms with van der Waals surface area (Å²) < 4.78 is 0. The first-order valence-corrected chi connectivity index (χ1v) is 6.40. The Kier molecular flexibility index (Phi) is 4.22. The van der Waals surface area contributed by atoms with Crippen LogP contribution >= 0.6 is 0 Å². The van der Waals surface area contributed by atoms with Gasteiger partial charge in [0, 0.05) is 0 Å². The van der Waals surface area contributed by atoms with Gasteiger partial charge in [0.25, 0.3) is 0 Å². The molecule has 1 aromatic heterocycles. The fraction of sp³-hybridized carbons (Fsp3) is 0.214. The number of carboxylic acid groups (broad SMARTS) is 1. The number of nitrogens with two attached hydrogens (primary N) is 2. The van der Waals surface area contributed by atoms with E-state index in [2.05, 4.69) is 9.97 Å². The largest absolute Gasteiger partial charge is 0.493 e. The highest BCUT2D eigenvalue weighted by Crippen LogP contribution is 2.22. The zero-order chi connectivity index (χ0) is 15.4. The Morgan fingerprint density at radius 2 is 1.76 bits per heavy atom. The zero-order valence-electron chi connectivity index (χ0n) is 11.3. The predicted octanol–water partition coefficient (Wildman–Crippen LogP) is 1.22. The summed E-state index contributed by atoms with van der Waals surface area (Å²) in [5, 5.41) is 18.5. The molecule has 0 atom stereocenters. The van der Waals surface area contributed by atoms with E-state index in [1.807, 2.05) is 0 Å². The molecule has 0 fully saturated rings. The first-order valence-electron chi connectivity index (χ1n) is 6.40. The van der Waals surface area contributed by atoms with Gasteiger partial charge in [0.2, 0.25) is 11.8 Å². The van der Waals surface area contributed by atoms with E-state index < -0.39 is 5.97 Å². The molecule has 1 heterocycles. The average molecular weight is 288 g/mol. The lowest BCUT2D eigenvalue weighted by Crippen LogP contribution is -2.05. The minimum atomic E-state index is -0.946. The van der Waals surface area contributed by atoms with E-state index in [4.69, 9.17) is 16.6 Å². The predicted molar refractivity (Wildman–Crippen MR) is 77.9 cm³/mol. The molecular weight excluding hydrogens is 272 g/mol. The van der Waals surface area contributed by atoms with Gasteiger partial charge in [-0.2, -0.15) is 9.97 Å². The van der Waals surface area contributed by atoms with Gasteiger partial charge in [-0.3, -0.25) is 0 Å². The van der Waals surface area contributed by atoms with Crippen LogP contribution in [0.3, 0.4) is 0 Å². The molecule has 0 radical (unpaired) electrons. The lowest BCUT2D eigenvalue weighted by atomic mass is 10.0. The van der Waals surface area contributed by atoms with Crippen LogP contribution in [-0.4, -0.2) is 26.2 Å². The van der Waals surface area contributed by atoms with Crippen molar-refractivity contribution in [2.75, 3.05) is 11.5 Å². The van der Waals surface area contributed by atoms with Crippen molar-refractivity contribution in [1.82, 2.24) is 9.97 Å². The Labute approximate surface area is 121 Å². The Balaban J connectivity index is 1.97. The molecular formula is C14H16N4O3. The smallest absolute Gasteiger partial charge is 0.335 e. The number of nitrogen functional groups attached to an aromatic ring is 2. The molecule has 0 unspecified atom stereocenters. The molecule has 0 aliphatic rings. The second-order valence-corrected chi connectivity index (χ2v) is 4.62. The number of rotatable bonds is 5. The van der Waals surface area contributed by atoms with Gasteiger partial charge >= 0.3 is 5.97 Å². The molecule has 2 aromatic rings. The molecule has 0 spiro atoms. The summed E-state index contributed by atoms with van der Waals surface area (Å²) in [4.78, 5) is 18.2. The van der Waals surface area contributed by atoms with Crippen molar-refractivity contribution in [2.45, 2.75) is 19.3 Å². The van der Waals surface area contributed by atoms with E-state index in [1.165, 1.54) is 0 Å². The Morgan fingerprint density at radius 3 is 2.33 bits per heavy atom. The van der Waals surface area contributed by atoms with Gasteiger partial charge in [-0.1, -0.05) is 12.1 Å². The summed E-state index contributed by atoms with van der Waals surface area (Å²) in [5.41, 5.74) is 12.8. The average Bonchev–Trinajstić information content (AvgIpc) is 2.42. The number of aromatic hydroxyl groups is 1. The van der Waals surface area contributed by atoms with Crippen molar-refractivity contribution < 1.29 is 15.0 Å². The van der Waals surface area contributed by atoms with Gasteiger partial charge in [0.15, 0.2) is 0 Å². The summed E-state index contributed by atoms with van der Waals surface area (Å²) in [5.74, 6) is -1.02. The van der Waals surface area contributed by atoms with Gasteiger partial charge in [0.1, 0.15) is 5.82 Å². The van der Waals surface area contributed by atoms with Crippen molar-refractivity contribution >= 4 is 17.7 Å². The highest BCUT2D eigenvalue weighted by atomic mass is 16.4. The SMILES string of the molecule is Nc1nc(N)c(CCCc2ccc(C(=O)O)cc2)c(O)n1. The first kappa shape index (κ1) is 14.6. The van der Waals surface area contributed by atoms with Gasteiger partial charge in [-0.15, -0.1) is 0 Å². The molecule has 0 aliphatic heterocycles. The number of anilines is 2. The standard InChI is InChI=1S/C14H16N4O3/c15-11-10(12(19)18-14(16)17-11)3-1-2-8-4-6-9(7-5-8)13(20)21/h4-7H,1-3H2,(H,20,21)(H5,15,16,17,18,19). The van der Waals surface area contributed by atoms with Crippen LogP contribution in [0.4, 0.5) is 11.8 Å². The number of aromatic carboxylic acids is 1. The number of aromatic nitrogens is 2. The quantitative estimate of drug-likeness (QED) is 0.649. The third-order valence-electron chi connectivity index (χ3n) is 3.13. The molecule has 0 bridgehead atoms. The van der Waals surface area contributed by atoms with Crippen LogP contribution < -0.4 is 11.5 Å². The molecule has 0 saturated heterocycles. The van der Waals surface area contributed by atoms with Crippen LogP contribution in [-0.2, 0) is 12.8 Å². The fourth-order valence-electron chi connectivity index (χ4n) is 2.03. The molecule has 0 amide bonds. The van der Waals surface area contributed by atoms with Crippen molar-refractivity contribution in [1.29, 1.82) is 0 Å². The van der Waals surface area contributed by atoms with Crippen LogP contribution in [0.5, 0.6) is 5.88 Å². The molecule has 21 heavy (non-hydrogen) atoms. The van der Waals surface area contributed by atoms with Gasteiger partial charge in [0.05, 0.1) is 11.1 Å². The molecule has 0 aliphatic carbocycles. The van der Waals surface area contributed by atoms with E-state index in [0.29, 0.717) is 12.0 Å². The van der Waals surface area contributed by atoms with E-state index in [1.54, 1.807) is 24.3 Å². The molecule has 7 heteroatoms. The van der Waals surface area contributed by atoms with E-state index >= 15 is 0 Å². The van der Waals surface area contributed by atoms with Crippen molar-refractivity contribution in [3.05, 3.63) is 41.0 Å². The zero-order valence-corrected chi connectivity index (χ0v) is 11.3. The summed E-state index contributed by atoms with van der Waals surface area (Å²) in [6, 6.07) is 6.67. The Morgan fingerprint density at radius 1 is 1.10 bits per heavy atom. The number of hydrogen-bond donors (Lipinski definition) is 4. The molecule has 1 aromatic carbocycles. The Hall–Kier alpha value is -2.83. The molecule has 110 valence electrons. The Bertz CT molecular complexity index is 633. The van der Waals surface area contributed by atoms with Crippen molar-refractivity contribution in [3.8, 4) is 5.88 Å². The maximum Gasteiger partial charge on any atom is 0.335 e. The monoisotopic (exact) mass is 288 g/mol. The van der Waals surface area contributed by atoms with Crippen molar-refractivity contribution in [3.63, 3.8) is 0 Å². The fourth-order valence-corrected chi connectivity index (χ4v) is 2.03. The van der Waals surface area contributed by atoms with E-state index in [-0.39, 0.29) is 23.2 Å².